The molecule has 31 heavy (non-hydrogen) atoms. The van der Waals surface area contributed by atoms with E-state index >= 15 is 0 Å². The van der Waals surface area contributed by atoms with Crippen molar-refractivity contribution in [1.29, 1.82) is 0 Å². The molecule has 10 nitrogen and oxygen atoms in total. The maximum Gasteiger partial charge on any atom is 0.251 e. The largest absolute Gasteiger partial charge is 0.357 e. The van der Waals surface area contributed by atoms with Gasteiger partial charge in [0.1, 0.15) is 6.04 Å². The molecule has 3 N–H and O–H groups in total. The molecule has 1 atom stereocenters. The molecule has 2 aliphatic rings. The smallest absolute Gasteiger partial charge is 0.251 e. The van der Waals surface area contributed by atoms with Crippen molar-refractivity contribution in [2.75, 3.05) is 38.1 Å². The van der Waals surface area contributed by atoms with E-state index in [2.05, 4.69) is 16.0 Å². The van der Waals surface area contributed by atoms with Crippen molar-refractivity contribution in [2.24, 2.45) is 0 Å². The first kappa shape index (κ1) is 22.3. The van der Waals surface area contributed by atoms with E-state index in [4.69, 9.17) is 0 Å². The standard InChI is InChI=1S/C21H27N5O5/c1-22-21(31)16-4-2-11-26(16)19(29)13-23-17(27)12-24-20(30)14-6-8-15(9-7-14)25-10-3-5-18(25)28/h6-9,16H,2-5,10-13H2,1H3,(H,22,31)(H,23,27)(H,24,30). The number of likely N-dealkylation sites (tertiary alicyclic amines) is 1. The summed E-state index contributed by atoms with van der Waals surface area (Å²) in [6.07, 6.45) is 2.69. The maximum atomic E-state index is 12.3. The van der Waals surface area contributed by atoms with Crippen LogP contribution in [0.1, 0.15) is 36.0 Å². The number of likely N-dealkylation sites (N-methyl/N-ethyl adjacent to an activating group) is 1. The quantitative estimate of drug-likeness (QED) is 0.533. The molecule has 0 aliphatic carbocycles. The van der Waals surface area contributed by atoms with Gasteiger partial charge in [-0.3, -0.25) is 24.0 Å². The second-order valence-corrected chi connectivity index (χ2v) is 7.51. The van der Waals surface area contributed by atoms with E-state index in [1.807, 2.05) is 0 Å². The van der Waals surface area contributed by atoms with Crippen LogP contribution >= 0.6 is 0 Å². The van der Waals surface area contributed by atoms with Crippen molar-refractivity contribution in [3.63, 3.8) is 0 Å². The number of anilines is 1. The average molecular weight is 429 g/mol. The number of carbonyl (C=O) groups is 5. The molecule has 0 spiro atoms. The summed E-state index contributed by atoms with van der Waals surface area (Å²) < 4.78 is 0. The molecule has 2 aliphatic heterocycles. The number of nitrogens with zero attached hydrogens (tertiary/aromatic N) is 2. The molecule has 0 bridgehead atoms. The number of rotatable bonds is 7. The van der Waals surface area contributed by atoms with Crippen molar-refractivity contribution >= 4 is 35.2 Å². The van der Waals surface area contributed by atoms with Crippen molar-refractivity contribution in [3.05, 3.63) is 29.8 Å². The lowest BCUT2D eigenvalue weighted by atomic mass is 10.2. The number of amides is 5. The Hall–Kier alpha value is -3.43. The first-order valence-corrected chi connectivity index (χ1v) is 10.4. The summed E-state index contributed by atoms with van der Waals surface area (Å²) in [5.74, 6) is -1.42. The van der Waals surface area contributed by atoms with Crippen molar-refractivity contribution < 1.29 is 24.0 Å². The van der Waals surface area contributed by atoms with Crippen LogP contribution in [-0.4, -0.2) is 73.7 Å². The highest BCUT2D eigenvalue weighted by atomic mass is 16.2. The van der Waals surface area contributed by atoms with E-state index in [-0.39, 0.29) is 30.8 Å². The second kappa shape index (κ2) is 10.1. The monoisotopic (exact) mass is 429 g/mol. The zero-order chi connectivity index (χ0) is 22.4. The van der Waals surface area contributed by atoms with Gasteiger partial charge in [0.15, 0.2) is 0 Å². The molecule has 1 unspecified atom stereocenters. The molecule has 5 amide bonds. The van der Waals surface area contributed by atoms with Gasteiger partial charge < -0.3 is 25.8 Å². The van der Waals surface area contributed by atoms with E-state index in [0.717, 1.165) is 18.5 Å². The van der Waals surface area contributed by atoms with Crippen LogP contribution in [-0.2, 0) is 19.2 Å². The lowest BCUT2D eigenvalue weighted by Crippen LogP contribution is -2.49. The maximum absolute atomic E-state index is 12.3. The Kier molecular flexibility index (Phi) is 7.22. The van der Waals surface area contributed by atoms with Crippen LogP contribution in [0.15, 0.2) is 24.3 Å². The van der Waals surface area contributed by atoms with Crippen LogP contribution in [0.3, 0.4) is 0 Å². The highest BCUT2D eigenvalue weighted by molar-refractivity contribution is 5.99. The van der Waals surface area contributed by atoms with E-state index in [1.54, 1.807) is 29.2 Å². The molecule has 0 aromatic heterocycles. The lowest BCUT2D eigenvalue weighted by Gasteiger charge is -2.23. The molecule has 0 radical (unpaired) electrons. The van der Waals surface area contributed by atoms with Gasteiger partial charge in [0, 0.05) is 37.8 Å². The summed E-state index contributed by atoms with van der Waals surface area (Å²) in [4.78, 5) is 63.3. The molecular formula is C21H27N5O5. The molecule has 2 heterocycles. The Morgan fingerprint density at radius 3 is 2.39 bits per heavy atom. The molecule has 2 fully saturated rings. The van der Waals surface area contributed by atoms with Crippen molar-refractivity contribution in [3.8, 4) is 0 Å². The van der Waals surface area contributed by atoms with E-state index < -0.39 is 17.9 Å². The van der Waals surface area contributed by atoms with Crippen molar-refractivity contribution in [2.45, 2.75) is 31.7 Å². The number of hydrogen-bond donors (Lipinski definition) is 3. The van der Waals surface area contributed by atoms with Crippen LogP contribution in [0.5, 0.6) is 0 Å². The number of hydrogen-bond acceptors (Lipinski definition) is 5. The topological polar surface area (TPSA) is 128 Å². The molecule has 166 valence electrons. The molecule has 10 heteroatoms. The van der Waals surface area contributed by atoms with Crippen LogP contribution in [0.25, 0.3) is 0 Å². The Labute approximate surface area is 180 Å². The van der Waals surface area contributed by atoms with Crippen LogP contribution < -0.4 is 20.9 Å². The fourth-order valence-electron chi connectivity index (χ4n) is 3.82. The third kappa shape index (κ3) is 5.39. The average Bonchev–Trinajstić information content (AvgIpc) is 3.44. The van der Waals surface area contributed by atoms with Gasteiger partial charge in [-0.1, -0.05) is 0 Å². The minimum absolute atomic E-state index is 0.0685. The predicted molar refractivity (Wildman–Crippen MR) is 112 cm³/mol. The van der Waals surface area contributed by atoms with E-state index in [1.165, 1.54) is 11.9 Å². The Bertz CT molecular complexity index is 869. The third-order valence-electron chi connectivity index (χ3n) is 5.48. The van der Waals surface area contributed by atoms with Crippen molar-refractivity contribution in [1.82, 2.24) is 20.9 Å². The molecule has 2 saturated heterocycles. The fourth-order valence-corrected chi connectivity index (χ4v) is 3.82. The Balaban J connectivity index is 1.43. The summed E-state index contributed by atoms with van der Waals surface area (Å²) in [6, 6.07) is 6.10. The van der Waals surface area contributed by atoms with Crippen LogP contribution in [0.2, 0.25) is 0 Å². The van der Waals surface area contributed by atoms with E-state index in [0.29, 0.717) is 31.5 Å². The summed E-state index contributed by atoms with van der Waals surface area (Å²) in [6.45, 7) is 0.630. The zero-order valence-electron chi connectivity index (χ0n) is 17.5. The third-order valence-corrected chi connectivity index (χ3v) is 5.48. The second-order valence-electron chi connectivity index (χ2n) is 7.51. The van der Waals surface area contributed by atoms with Crippen LogP contribution in [0.4, 0.5) is 5.69 Å². The van der Waals surface area contributed by atoms with Gasteiger partial charge in [0.25, 0.3) is 5.91 Å². The van der Waals surface area contributed by atoms with Gasteiger partial charge in [0.2, 0.25) is 23.6 Å². The Morgan fingerprint density at radius 2 is 1.74 bits per heavy atom. The SMILES string of the molecule is CNC(=O)C1CCCN1C(=O)CNC(=O)CNC(=O)c1ccc(N2CCCC2=O)cc1. The zero-order valence-corrected chi connectivity index (χ0v) is 17.5. The minimum atomic E-state index is -0.507. The molecule has 1 aromatic carbocycles. The lowest BCUT2D eigenvalue weighted by molar-refractivity contribution is -0.138. The Morgan fingerprint density at radius 1 is 1.00 bits per heavy atom. The molecule has 1 aromatic rings. The first-order valence-electron chi connectivity index (χ1n) is 10.4. The predicted octanol–water partition coefficient (Wildman–Crippen LogP) is -0.604. The summed E-state index contributed by atoms with van der Waals surface area (Å²) in [5.41, 5.74) is 1.11. The van der Waals surface area contributed by atoms with Gasteiger partial charge in [-0.05, 0) is 43.5 Å². The number of nitrogens with one attached hydrogen (secondary N) is 3. The highest BCUT2D eigenvalue weighted by Gasteiger charge is 2.33. The minimum Gasteiger partial charge on any atom is -0.357 e. The number of benzene rings is 1. The fraction of sp³-hybridized carbons (Fsp3) is 0.476. The molecule has 0 saturated carbocycles. The summed E-state index contributed by atoms with van der Waals surface area (Å²) in [7, 11) is 1.52. The van der Waals surface area contributed by atoms with Gasteiger partial charge in [-0.2, -0.15) is 0 Å². The van der Waals surface area contributed by atoms with Gasteiger partial charge >= 0.3 is 0 Å². The first-order chi connectivity index (χ1) is 14.9. The number of carbonyl (C=O) groups excluding carboxylic acids is 5. The highest BCUT2D eigenvalue weighted by Crippen LogP contribution is 2.21. The normalized spacial score (nSPS) is 18.1. The molecule has 3 rings (SSSR count). The van der Waals surface area contributed by atoms with Crippen LogP contribution in [0, 0.1) is 0 Å². The van der Waals surface area contributed by atoms with Gasteiger partial charge in [0.05, 0.1) is 13.1 Å². The van der Waals surface area contributed by atoms with Gasteiger partial charge in [-0.15, -0.1) is 0 Å². The van der Waals surface area contributed by atoms with E-state index in [9.17, 15) is 24.0 Å². The van der Waals surface area contributed by atoms with Gasteiger partial charge in [-0.25, -0.2) is 0 Å². The summed E-state index contributed by atoms with van der Waals surface area (Å²) >= 11 is 0. The molecular weight excluding hydrogens is 402 g/mol. The summed E-state index contributed by atoms with van der Waals surface area (Å²) in [5, 5.41) is 7.52.